The van der Waals surface area contributed by atoms with Gasteiger partial charge in [0, 0.05) is 25.9 Å². The molecule has 0 saturated carbocycles. The van der Waals surface area contributed by atoms with Gasteiger partial charge in [0.1, 0.15) is 0 Å². The van der Waals surface area contributed by atoms with E-state index in [4.69, 9.17) is 5.11 Å². The van der Waals surface area contributed by atoms with Crippen LogP contribution in [0.25, 0.3) is 0 Å². The minimum Gasteiger partial charge on any atom is -0.481 e. The van der Waals surface area contributed by atoms with Crippen LogP contribution in [0, 0.1) is 0 Å². The van der Waals surface area contributed by atoms with Gasteiger partial charge in [0.25, 0.3) is 0 Å². The van der Waals surface area contributed by atoms with E-state index in [1.54, 1.807) is 0 Å². The molecule has 5 nitrogen and oxygen atoms in total. The molecule has 0 aliphatic heterocycles. The van der Waals surface area contributed by atoms with Crippen molar-refractivity contribution in [3.8, 4) is 0 Å². The molecule has 354 valence electrons. The van der Waals surface area contributed by atoms with Crippen molar-refractivity contribution in [3.05, 3.63) is 0 Å². The Morgan fingerprint density at radius 3 is 1.02 bits per heavy atom. The normalized spacial score (nSPS) is 16.7. The number of aliphatic carboxylic acids is 1. The van der Waals surface area contributed by atoms with E-state index in [9.17, 15) is 137 Å². The lowest BCUT2D eigenvalue weighted by atomic mass is 9.83. The van der Waals surface area contributed by atoms with Gasteiger partial charge in [-0.15, -0.1) is 0 Å². The summed E-state index contributed by atoms with van der Waals surface area (Å²) in [6, 6.07) is 0. The maximum Gasteiger partial charge on any atom is 0.460 e. The maximum absolute atomic E-state index is 14.2. The number of aliphatic hydroxyl groups excluding tert-OH is 1. The van der Waals surface area contributed by atoms with Crippen molar-refractivity contribution in [1.29, 1.82) is 0 Å². The summed E-state index contributed by atoms with van der Waals surface area (Å²) in [5.74, 6) is -122. The standard InChI is InChI=1S/C25H23F29N2O3/c1-56(2,7-4-11(58)59)6-3-5-55-9-10(57)8-12(26,27)13(28,29)14(30,31)15(32,33)16(34,35)17(36,37)18(38,39)19(40,41)20(42,43)21(44,45)22(46,47)23(48,49)24(50,51)25(52,53)54/h10,55,57H,3-9H2,1-2H3/p+1. The molecule has 0 aromatic carbocycles. The summed E-state index contributed by atoms with van der Waals surface area (Å²) in [5.41, 5.74) is 0. The maximum atomic E-state index is 14.2. The molecule has 0 aliphatic carbocycles. The van der Waals surface area contributed by atoms with Crippen LogP contribution in [0.4, 0.5) is 127 Å². The van der Waals surface area contributed by atoms with Crippen molar-refractivity contribution >= 4 is 5.97 Å². The van der Waals surface area contributed by atoms with Gasteiger partial charge in [0.05, 0.1) is 39.7 Å². The van der Waals surface area contributed by atoms with Crippen molar-refractivity contribution in [3.63, 3.8) is 0 Å². The molecular weight excluding hydrogens is 927 g/mol. The highest BCUT2D eigenvalue weighted by atomic mass is 19.4. The Kier molecular flexibility index (Phi) is 15.2. The molecule has 0 bridgehead atoms. The molecular formula is C25H24F29N2O3+. The highest BCUT2D eigenvalue weighted by molar-refractivity contribution is 5.66. The summed E-state index contributed by atoms with van der Waals surface area (Å²) >= 11 is 0. The van der Waals surface area contributed by atoms with Crippen molar-refractivity contribution in [2.45, 2.75) is 109 Å². The molecule has 0 fully saturated rings. The molecule has 34 heteroatoms. The first kappa shape index (κ1) is 56.3. The number of nitrogens with zero attached hydrogens (tertiary/aromatic N) is 1. The van der Waals surface area contributed by atoms with E-state index >= 15 is 0 Å². The topological polar surface area (TPSA) is 69.6 Å². The molecule has 59 heavy (non-hydrogen) atoms. The fourth-order valence-corrected chi connectivity index (χ4v) is 4.29. The second-order valence-electron chi connectivity index (χ2n) is 13.0. The zero-order valence-corrected chi connectivity index (χ0v) is 28.2. The Hall–Kier alpha value is -2.68. The molecule has 3 N–H and O–H groups in total. The number of carboxylic acids is 1. The van der Waals surface area contributed by atoms with E-state index in [1.165, 1.54) is 14.1 Å². The zero-order chi connectivity index (χ0) is 48.3. The number of carbonyl (C=O) groups is 1. The van der Waals surface area contributed by atoms with Gasteiger partial charge in [-0.1, -0.05) is 0 Å². The predicted molar refractivity (Wildman–Crippen MR) is 133 cm³/mol. The van der Waals surface area contributed by atoms with Gasteiger partial charge < -0.3 is 20.0 Å². The summed E-state index contributed by atoms with van der Waals surface area (Å²) in [5, 5.41) is 20.1. The molecule has 0 rings (SSSR count). The lowest BCUT2D eigenvalue weighted by molar-refractivity contribution is -0.889. The largest absolute Gasteiger partial charge is 0.481 e. The van der Waals surface area contributed by atoms with Crippen molar-refractivity contribution < 1.29 is 147 Å². The second kappa shape index (κ2) is 15.9. The van der Waals surface area contributed by atoms with Gasteiger partial charge in [-0.2, -0.15) is 127 Å². The summed E-state index contributed by atoms with van der Waals surface area (Å²) in [7, 11) is 2.86. The molecule has 0 aliphatic rings. The zero-order valence-electron chi connectivity index (χ0n) is 28.2. The van der Waals surface area contributed by atoms with Gasteiger partial charge in [-0.25, -0.2) is 0 Å². The average molecular weight is 951 g/mol. The number of alkyl halides is 29. The number of hydrogen-bond acceptors (Lipinski definition) is 3. The minimum atomic E-state index is -9.98. The van der Waals surface area contributed by atoms with E-state index < -0.39 is 121 Å². The Balaban J connectivity index is 6.83. The van der Waals surface area contributed by atoms with Crippen LogP contribution in [0.15, 0.2) is 0 Å². The van der Waals surface area contributed by atoms with Crippen LogP contribution >= 0.6 is 0 Å². The van der Waals surface area contributed by atoms with Crippen LogP contribution in [0.5, 0.6) is 0 Å². The third-order valence-corrected chi connectivity index (χ3v) is 8.07. The highest BCUT2D eigenvalue weighted by Gasteiger charge is 3.00. The first-order valence-electron chi connectivity index (χ1n) is 14.7. The number of rotatable bonds is 23. The number of aliphatic hydroxyl groups is 1. The number of hydrogen-bond donors (Lipinski definition) is 3. The van der Waals surface area contributed by atoms with Crippen LogP contribution < -0.4 is 5.32 Å². The quantitative estimate of drug-likeness (QED) is 0.0544. The smallest absolute Gasteiger partial charge is 0.460 e. The van der Waals surface area contributed by atoms with Crippen LogP contribution in [0.2, 0.25) is 0 Å². The SMILES string of the molecule is C[N+](C)(CCCNCC(O)CC(F)(F)C(F)(F)C(F)(F)C(F)(F)C(F)(F)C(F)(F)C(F)(F)C(F)(F)C(F)(F)C(F)(F)C(F)(F)C(F)(F)C(F)(F)C(F)(F)F)CCC(=O)O. The first-order valence-corrected chi connectivity index (χ1v) is 14.7. The Labute approximate surface area is 308 Å². The van der Waals surface area contributed by atoms with Crippen LogP contribution in [0.3, 0.4) is 0 Å². The Bertz CT molecular complexity index is 1460. The molecule has 0 spiro atoms. The third kappa shape index (κ3) is 8.72. The van der Waals surface area contributed by atoms with E-state index in [0.717, 1.165) is 0 Å². The molecule has 1 atom stereocenters. The van der Waals surface area contributed by atoms with Gasteiger partial charge in [-0.05, 0) is 0 Å². The van der Waals surface area contributed by atoms with Gasteiger partial charge in [-0.3, -0.25) is 4.79 Å². The lowest BCUT2D eigenvalue weighted by Gasteiger charge is -2.46. The van der Waals surface area contributed by atoms with Crippen molar-refractivity contribution in [2.24, 2.45) is 0 Å². The summed E-state index contributed by atoms with van der Waals surface area (Å²) < 4.78 is 396. The number of halogens is 29. The first-order chi connectivity index (χ1) is 25.3. The molecule has 0 amide bonds. The van der Waals surface area contributed by atoms with Gasteiger partial charge in [0.2, 0.25) is 0 Å². The van der Waals surface area contributed by atoms with Crippen molar-refractivity contribution in [2.75, 3.05) is 40.3 Å². The summed E-state index contributed by atoms with van der Waals surface area (Å²) in [6.07, 6.45) is -15.4. The number of quaternary nitrogens is 1. The molecule has 0 saturated heterocycles. The van der Waals surface area contributed by atoms with E-state index in [0.29, 0.717) is 0 Å². The lowest BCUT2D eigenvalue weighted by Crippen LogP contribution is -2.79. The van der Waals surface area contributed by atoms with Crippen LogP contribution in [0.1, 0.15) is 19.3 Å². The molecule has 0 aromatic heterocycles. The predicted octanol–water partition coefficient (Wildman–Crippen LogP) is 9.09. The summed E-state index contributed by atoms with van der Waals surface area (Å²) in [6.45, 7) is -1.96. The van der Waals surface area contributed by atoms with Gasteiger partial charge in [0.15, 0.2) is 0 Å². The Morgan fingerprint density at radius 1 is 0.475 bits per heavy atom. The molecule has 0 heterocycles. The Morgan fingerprint density at radius 2 is 0.746 bits per heavy atom. The fourth-order valence-electron chi connectivity index (χ4n) is 4.29. The minimum absolute atomic E-state index is 0.0130. The van der Waals surface area contributed by atoms with E-state index in [-0.39, 0.29) is 24.0 Å². The fraction of sp³-hybridized carbons (Fsp3) is 0.960. The molecule has 0 radical (unpaired) electrons. The monoisotopic (exact) mass is 951 g/mol. The molecule has 1 unspecified atom stereocenters. The highest BCUT2D eigenvalue weighted by Crippen LogP contribution is 2.69. The van der Waals surface area contributed by atoms with E-state index in [1.807, 2.05) is 5.32 Å². The third-order valence-electron chi connectivity index (χ3n) is 8.07. The number of nitrogens with one attached hydrogen (secondary N) is 1. The van der Waals surface area contributed by atoms with E-state index in [2.05, 4.69) is 0 Å². The van der Waals surface area contributed by atoms with Crippen LogP contribution in [-0.4, -0.2) is 150 Å². The second-order valence-corrected chi connectivity index (χ2v) is 13.0. The van der Waals surface area contributed by atoms with Gasteiger partial charge >= 0.3 is 89.1 Å². The van der Waals surface area contributed by atoms with Crippen LogP contribution in [-0.2, 0) is 4.79 Å². The summed E-state index contributed by atoms with van der Waals surface area (Å²) in [4.78, 5) is 10.6. The molecule has 0 aromatic rings. The number of carboxylic acid groups (broad SMARTS) is 1. The average Bonchev–Trinajstić information content (AvgIpc) is 3.01. The van der Waals surface area contributed by atoms with Crippen molar-refractivity contribution in [1.82, 2.24) is 5.32 Å².